The van der Waals surface area contributed by atoms with E-state index in [0.29, 0.717) is 18.6 Å². The third-order valence-electron chi connectivity index (χ3n) is 7.46. The van der Waals surface area contributed by atoms with Crippen molar-refractivity contribution < 1.29 is 111 Å². The lowest BCUT2D eigenvalue weighted by atomic mass is 9.87. The van der Waals surface area contributed by atoms with Gasteiger partial charge in [-0.1, -0.05) is 6.58 Å². The van der Waals surface area contributed by atoms with Crippen LogP contribution in [0, 0.1) is 0 Å². The van der Waals surface area contributed by atoms with Gasteiger partial charge in [-0.25, -0.2) is 13.2 Å². The smallest absolute Gasteiger partial charge is 0.460 e. The molecule has 5 nitrogen and oxygen atoms in total. The van der Waals surface area contributed by atoms with Crippen LogP contribution in [0.3, 0.4) is 0 Å². The van der Waals surface area contributed by atoms with Gasteiger partial charge in [-0.2, -0.15) is 92.2 Å². The lowest BCUT2D eigenvalue weighted by Gasteiger charge is -2.44. The summed E-state index contributed by atoms with van der Waals surface area (Å²) in [7, 11) is -7.62. The number of hydrogen-bond donors (Lipinski definition) is 1. The second-order valence-electron chi connectivity index (χ2n) is 10.7. The monoisotopic (exact) mass is 813 g/mol. The molecule has 1 aromatic rings. The van der Waals surface area contributed by atoms with Crippen LogP contribution in [0.4, 0.5) is 97.9 Å². The molecule has 1 heterocycles. The summed E-state index contributed by atoms with van der Waals surface area (Å²) in [6.07, 6.45) is -7.87. The first kappa shape index (κ1) is 43.9. The van der Waals surface area contributed by atoms with E-state index in [1.807, 2.05) is 0 Å². The van der Waals surface area contributed by atoms with Gasteiger partial charge in [0.1, 0.15) is 0 Å². The molecule has 0 amide bonds. The van der Waals surface area contributed by atoms with Crippen LogP contribution in [0.5, 0.6) is 0 Å². The van der Waals surface area contributed by atoms with Crippen LogP contribution in [0.2, 0.25) is 0 Å². The van der Waals surface area contributed by atoms with E-state index >= 15 is 0 Å². The molecule has 51 heavy (non-hydrogen) atoms. The van der Waals surface area contributed by atoms with Crippen molar-refractivity contribution in [1.29, 1.82) is 0 Å². The summed E-state index contributed by atoms with van der Waals surface area (Å²) < 4.78 is 311. The Morgan fingerprint density at radius 2 is 1.00 bits per heavy atom. The highest BCUT2D eigenvalue weighted by molar-refractivity contribution is 7.92. The van der Waals surface area contributed by atoms with Gasteiger partial charge >= 0.3 is 64.8 Å². The standard InChI is InChI=1S/C24H16F21NO4S/c1-10(14(47)48)9-12-3-2-8-46(12)11-4-6-13(7-5-11)51(49,50)24(44,45)22(39,40)20(35,36)18(31,32)16(27,28)15(25,26)17(29,30)19(33,34)21(37,38)23(41,42)43/h4-7,12H,1-3,8-9H2,(H,47,48)/t12-/m0/s1. The number of anilines is 1. The number of rotatable bonds is 14. The molecule has 0 unspecified atom stereocenters. The van der Waals surface area contributed by atoms with Gasteiger partial charge in [-0.3, -0.25) is 0 Å². The van der Waals surface area contributed by atoms with Gasteiger partial charge < -0.3 is 10.0 Å². The first-order chi connectivity index (χ1) is 22.3. The predicted octanol–water partition coefficient (Wildman–Crippen LogP) is 8.70. The highest BCUT2D eigenvalue weighted by atomic mass is 32.2. The van der Waals surface area contributed by atoms with E-state index in [0.717, 1.165) is 0 Å². The Kier molecular flexibility index (Phi) is 10.7. The van der Waals surface area contributed by atoms with Crippen LogP contribution in [-0.4, -0.2) is 90.9 Å². The predicted molar refractivity (Wildman–Crippen MR) is 126 cm³/mol. The molecule has 0 aromatic heterocycles. The summed E-state index contributed by atoms with van der Waals surface area (Å²) in [6.45, 7) is 3.27. The molecule has 27 heteroatoms. The Morgan fingerprint density at radius 3 is 1.35 bits per heavy atom. The Labute approximate surface area is 269 Å². The summed E-state index contributed by atoms with van der Waals surface area (Å²) >= 11 is 0. The molecule has 1 aliphatic rings. The van der Waals surface area contributed by atoms with E-state index in [2.05, 4.69) is 6.58 Å². The largest absolute Gasteiger partial charge is 0.478 e. The minimum absolute atomic E-state index is 0.0247. The topological polar surface area (TPSA) is 74.7 Å². The van der Waals surface area contributed by atoms with Crippen LogP contribution in [0.25, 0.3) is 0 Å². The molecule has 1 atom stereocenters. The lowest BCUT2D eigenvalue weighted by molar-refractivity contribution is -0.472. The molecule has 0 bridgehead atoms. The van der Waals surface area contributed by atoms with Crippen molar-refractivity contribution >= 4 is 21.5 Å². The number of carbonyl (C=O) groups is 1. The van der Waals surface area contributed by atoms with Crippen molar-refractivity contribution in [3.63, 3.8) is 0 Å². The average molecular weight is 813 g/mol. The van der Waals surface area contributed by atoms with Gasteiger partial charge in [0.15, 0.2) is 0 Å². The van der Waals surface area contributed by atoms with E-state index in [4.69, 9.17) is 5.11 Å². The molecule has 0 spiro atoms. The first-order valence-corrected chi connectivity index (χ1v) is 14.3. The van der Waals surface area contributed by atoms with Crippen molar-refractivity contribution in [3.05, 3.63) is 36.4 Å². The fourth-order valence-electron chi connectivity index (χ4n) is 4.44. The molecule has 1 fully saturated rings. The number of benzene rings is 1. The highest BCUT2D eigenvalue weighted by Crippen LogP contribution is 2.66. The van der Waals surface area contributed by atoms with Crippen molar-refractivity contribution in [2.45, 2.75) is 89.0 Å². The first-order valence-electron chi connectivity index (χ1n) is 12.8. The molecule has 0 saturated carbocycles. The van der Waals surface area contributed by atoms with Crippen LogP contribution in [0.15, 0.2) is 41.3 Å². The summed E-state index contributed by atoms with van der Waals surface area (Å²) in [5.41, 5.74) is -0.594. The van der Waals surface area contributed by atoms with Gasteiger partial charge in [-0.05, 0) is 43.5 Å². The van der Waals surface area contributed by atoms with E-state index in [-0.39, 0.29) is 42.8 Å². The molecular formula is C24H16F21NO4S. The van der Waals surface area contributed by atoms with Crippen molar-refractivity contribution in [2.24, 2.45) is 0 Å². The number of halogens is 21. The third-order valence-corrected chi connectivity index (χ3v) is 9.28. The summed E-state index contributed by atoms with van der Waals surface area (Å²) in [5, 5.41) is 1.09. The molecule has 0 aliphatic carbocycles. The van der Waals surface area contributed by atoms with E-state index in [1.54, 1.807) is 0 Å². The zero-order valence-electron chi connectivity index (χ0n) is 23.9. The molecule has 294 valence electrons. The number of carboxylic acids is 1. The van der Waals surface area contributed by atoms with E-state index in [9.17, 15) is 105 Å². The average Bonchev–Trinajstić information content (AvgIpc) is 3.43. The number of aliphatic carboxylic acids is 1. The quantitative estimate of drug-likeness (QED) is 0.150. The summed E-state index contributed by atoms with van der Waals surface area (Å²) in [6, 6.07) is -0.0428. The Balaban J connectivity index is 2.61. The maximum absolute atomic E-state index is 14.6. The maximum Gasteiger partial charge on any atom is 0.460 e. The van der Waals surface area contributed by atoms with Gasteiger partial charge in [0, 0.05) is 23.8 Å². The normalized spacial score (nSPS) is 18.3. The van der Waals surface area contributed by atoms with Crippen LogP contribution >= 0.6 is 0 Å². The zero-order chi connectivity index (χ0) is 40.6. The van der Waals surface area contributed by atoms with Crippen LogP contribution in [-0.2, 0) is 14.6 Å². The fourth-order valence-corrected chi connectivity index (χ4v) is 5.69. The third kappa shape index (κ3) is 6.00. The molecule has 1 aliphatic heterocycles. The minimum atomic E-state index is -9.40. The zero-order valence-corrected chi connectivity index (χ0v) is 24.7. The fraction of sp³-hybridized carbons (Fsp3) is 0.625. The van der Waals surface area contributed by atoms with Crippen LogP contribution < -0.4 is 4.90 Å². The van der Waals surface area contributed by atoms with Crippen molar-refractivity contribution in [2.75, 3.05) is 11.4 Å². The van der Waals surface area contributed by atoms with E-state index < -0.39 is 85.6 Å². The number of sulfone groups is 1. The minimum Gasteiger partial charge on any atom is -0.478 e. The van der Waals surface area contributed by atoms with Gasteiger partial charge in [-0.15, -0.1) is 0 Å². The molecule has 2 rings (SSSR count). The molecule has 1 aromatic carbocycles. The van der Waals surface area contributed by atoms with E-state index in [1.165, 1.54) is 4.90 Å². The lowest BCUT2D eigenvalue weighted by Crippen LogP contribution is -2.77. The van der Waals surface area contributed by atoms with Crippen molar-refractivity contribution in [3.8, 4) is 0 Å². The number of carboxylic acid groups (broad SMARTS) is 1. The van der Waals surface area contributed by atoms with Gasteiger partial charge in [0.2, 0.25) is 9.84 Å². The number of hydrogen-bond acceptors (Lipinski definition) is 4. The summed E-state index contributed by atoms with van der Waals surface area (Å²) in [5.74, 6) is -74.1. The molecule has 1 N–H and O–H groups in total. The number of nitrogens with zero attached hydrogens (tertiary/aromatic N) is 1. The summed E-state index contributed by atoms with van der Waals surface area (Å²) in [4.78, 5) is 10.0. The van der Waals surface area contributed by atoms with Gasteiger partial charge in [0.05, 0.1) is 4.90 Å². The maximum atomic E-state index is 14.6. The second kappa shape index (κ2) is 12.4. The Bertz CT molecular complexity index is 1600. The molecule has 1 saturated heterocycles. The van der Waals surface area contributed by atoms with Gasteiger partial charge in [0.25, 0.3) is 0 Å². The Morgan fingerprint density at radius 1 is 0.647 bits per heavy atom. The highest BCUT2D eigenvalue weighted by Gasteiger charge is 2.98. The SMILES string of the molecule is C=C(C[C@@H]1CCCN1c1ccc(S(=O)(=O)C(F)(F)C(F)(F)C(F)(F)C(F)(F)C(F)(F)C(F)(F)C(F)(F)C(F)(F)C(F)(F)C(F)(F)F)cc1)C(=O)O. The second-order valence-corrected chi connectivity index (χ2v) is 12.7. The van der Waals surface area contributed by atoms with Crippen molar-refractivity contribution in [1.82, 2.24) is 0 Å². The molecular weight excluding hydrogens is 797 g/mol. The Hall–Kier alpha value is -3.29. The van der Waals surface area contributed by atoms with Crippen LogP contribution in [0.1, 0.15) is 19.3 Å². The molecule has 0 radical (unpaired) electrons. The number of alkyl halides is 21.